The monoisotopic (exact) mass is 344 g/mol. The number of rotatable bonds is 7. The van der Waals surface area contributed by atoms with E-state index in [0.29, 0.717) is 11.4 Å². The van der Waals surface area contributed by atoms with Crippen LogP contribution in [0.3, 0.4) is 0 Å². The molecule has 2 aromatic rings. The summed E-state index contributed by atoms with van der Waals surface area (Å²) in [7, 11) is 2.90. The molecule has 0 fully saturated rings. The van der Waals surface area contributed by atoms with Gasteiger partial charge in [-0.25, -0.2) is 14.6 Å². The zero-order valence-electron chi connectivity index (χ0n) is 14.1. The predicted molar refractivity (Wildman–Crippen MR) is 90.3 cm³/mol. The van der Waals surface area contributed by atoms with E-state index in [0.717, 1.165) is 10.5 Å². The number of aromatic nitrogens is 1. The van der Waals surface area contributed by atoms with Crippen LogP contribution in [0, 0.1) is 0 Å². The standard InChI is InChI=1S/C18H20N2O5/c1-20(18(23)25-12-13-6-4-3-5-7-13)15(17(21)22)10-14-8-9-16(24-2)19-11-14/h3-9,11,15H,10,12H2,1-2H3,(H,21,22). The maximum absolute atomic E-state index is 12.2. The lowest BCUT2D eigenvalue weighted by molar-refractivity contribution is -0.142. The number of hydrogen-bond donors (Lipinski definition) is 1. The summed E-state index contributed by atoms with van der Waals surface area (Å²) in [4.78, 5) is 28.8. The molecular weight excluding hydrogens is 324 g/mol. The van der Waals surface area contributed by atoms with Crippen molar-refractivity contribution in [2.45, 2.75) is 19.1 Å². The summed E-state index contributed by atoms with van der Waals surface area (Å²) in [5, 5.41) is 9.45. The van der Waals surface area contributed by atoms with Crippen LogP contribution >= 0.6 is 0 Å². The van der Waals surface area contributed by atoms with Crippen LogP contribution in [0.1, 0.15) is 11.1 Å². The van der Waals surface area contributed by atoms with E-state index in [-0.39, 0.29) is 13.0 Å². The molecular formula is C18H20N2O5. The number of ether oxygens (including phenoxy) is 2. The third-order valence-corrected chi connectivity index (χ3v) is 3.68. The molecule has 7 heteroatoms. The Bertz CT molecular complexity index is 703. The Morgan fingerprint density at radius 2 is 1.88 bits per heavy atom. The van der Waals surface area contributed by atoms with Gasteiger partial charge in [0.2, 0.25) is 5.88 Å². The Morgan fingerprint density at radius 3 is 2.44 bits per heavy atom. The first kappa shape index (κ1) is 18.3. The van der Waals surface area contributed by atoms with Crippen molar-refractivity contribution in [2.24, 2.45) is 0 Å². The lowest BCUT2D eigenvalue weighted by atomic mass is 10.1. The van der Waals surface area contributed by atoms with E-state index in [2.05, 4.69) is 4.98 Å². The number of hydrogen-bond acceptors (Lipinski definition) is 5. The first-order valence-electron chi connectivity index (χ1n) is 7.66. The molecule has 1 N–H and O–H groups in total. The first-order valence-corrected chi connectivity index (χ1v) is 7.66. The van der Waals surface area contributed by atoms with Gasteiger partial charge in [0.05, 0.1) is 7.11 Å². The van der Waals surface area contributed by atoms with Gasteiger partial charge in [0.15, 0.2) is 0 Å². The number of amides is 1. The lowest BCUT2D eigenvalue weighted by Crippen LogP contribution is -2.44. The summed E-state index contributed by atoms with van der Waals surface area (Å²) in [6, 6.07) is 11.5. The first-order chi connectivity index (χ1) is 12.0. The van der Waals surface area contributed by atoms with Gasteiger partial charge in [-0.2, -0.15) is 0 Å². The van der Waals surface area contributed by atoms with Crippen LogP contribution in [0.2, 0.25) is 0 Å². The van der Waals surface area contributed by atoms with E-state index in [4.69, 9.17) is 9.47 Å². The summed E-state index contributed by atoms with van der Waals surface area (Å²) >= 11 is 0. The summed E-state index contributed by atoms with van der Waals surface area (Å²) in [5.41, 5.74) is 1.51. The number of methoxy groups -OCH3 is 1. The zero-order chi connectivity index (χ0) is 18.2. The molecule has 1 aromatic heterocycles. The van der Waals surface area contributed by atoms with Crippen molar-refractivity contribution >= 4 is 12.1 Å². The van der Waals surface area contributed by atoms with E-state index in [1.807, 2.05) is 30.3 Å². The van der Waals surface area contributed by atoms with Crippen LogP contribution in [0.4, 0.5) is 4.79 Å². The topological polar surface area (TPSA) is 89.0 Å². The van der Waals surface area contributed by atoms with Gasteiger partial charge < -0.3 is 14.6 Å². The second-order valence-corrected chi connectivity index (χ2v) is 5.42. The molecule has 0 aliphatic heterocycles. The third-order valence-electron chi connectivity index (χ3n) is 3.68. The van der Waals surface area contributed by atoms with E-state index >= 15 is 0 Å². The Morgan fingerprint density at radius 1 is 1.16 bits per heavy atom. The molecule has 1 unspecified atom stereocenters. The maximum Gasteiger partial charge on any atom is 0.410 e. The molecule has 0 spiro atoms. The number of carbonyl (C=O) groups excluding carboxylic acids is 1. The highest BCUT2D eigenvalue weighted by Gasteiger charge is 2.28. The van der Waals surface area contributed by atoms with E-state index < -0.39 is 18.1 Å². The normalized spacial score (nSPS) is 11.4. The highest BCUT2D eigenvalue weighted by Crippen LogP contribution is 2.13. The van der Waals surface area contributed by atoms with Gasteiger partial charge in [-0.05, 0) is 11.1 Å². The van der Waals surface area contributed by atoms with Crippen molar-refractivity contribution in [3.63, 3.8) is 0 Å². The third kappa shape index (κ3) is 5.20. The number of likely N-dealkylation sites (N-methyl/N-ethyl adjacent to an activating group) is 1. The summed E-state index contributed by atoms with van der Waals surface area (Å²) in [5.74, 6) is -0.679. The molecule has 0 saturated heterocycles. The van der Waals surface area contributed by atoms with Gasteiger partial charge in [-0.3, -0.25) is 4.90 Å². The van der Waals surface area contributed by atoms with Crippen molar-refractivity contribution in [3.8, 4) is 5.88 Å². The van der Waals surface area contributed by atoms with Gasteiger partial charge in [0.1, 0.15) is 12.6 Å². The maximum atomic E-state index is 12.2. The minimum atomic E-state index is -1.12. The number of pyridine rings is 1. The van der Waals surface area contributed by atoms with Crippen LogP contribution in [0.25, 0.3) is 0 Å². The Balaban J connectivity index is 1.99. The smallest absolute Gasteiger partial charge is 0.410 e. The van der Waals surface area contributed by atoms with E-state index in [1.54, 1.807) is 12.1 Å². The van der Waals surface area contributed by atoms with Gasteiger partial charge in [-0.15, -0.1) is 0 Å². The average Bonchev–Trinajstić information content (AvgIpc) is 2.64. The fourth-order valence-electron chi connectivity index (χ4n) is 2.21. The van der Waals surface area contributed by atoms with Gasteiger partial charge >= 0.3 is 12.1 Å². The lowest BCUT2D eigenvalue weighted by Gasteiger charge is -2.24. The summed E-state index contributed by atoms with van der Waals surface area (Å²) < 4.78 is 10.2. The molecule has 2 rings (SSSR count). The molecule has 0 aliphatic carbocycles. The molecule has 0 radical (unpaired) electrons. The van der Waals surface area contributed by atoms with E-state index in [1.165, 1.54) is 20.4 Å². The molecule has 1 heterocycles. The number of benzene rings is 1. The number of carbonyl (C=O) groups is 2. The summed E-state index contributed by atoms with van der Waals surface area (Å²) in [6.45, 7) is 0.0838. The van der Waals surface area contributed by atoms with Crippen molar-refractivity contribution in [2.75, 3.05) is 14.2 Å². The fourth-order valence-corrected chi connectivity index (χ4v) is 2.21. The quantitative estimate of drug-likeness (QED) is 0.829. The van der Waals surface area contributed by atoms with Crippen molar-refractivity contribution in [1.82, 2.24) is 9.88 Å². The SMILES string of the molecule is COc1ccc(CC(C(=O)O)N(C)C(=O)OCc2ccccc2)cn1. The second-order valence-electron chi connectivity index (χ2n) is 5.42. The van der Waals surface area contributed by atoms with Crippen LogP contribution < -0.4 is 4.74 Å². The molecule has 7 nitrogen and oxygen atoms in total. The van der Waals surface area contributed by atoms with Crippen LogP contribution in [-0.2, 0) is 22.6 Å². The minimum Gasteiger partial charge on any atom is -0.481 e. The molecule has 1 atom stereocenters. The zero-order valence-corrected chi connectivity index (χ0v) is 14.1. The number of aliphatic carboxylic acids is 1. The Labute approximate surface area is 145 Å². The molecule has 0 saturated carbocycles. The van der Waals surface area contributed by atoms with Crippen molar-refractivity contribution < 1.29 is 24.2 Å². The molecule has 25 heavy (non-hydrogen) atoms. The van der Waals surface area contributed by atoms with Crippen LogP contribution in [0.15, 0.2) is 48.7 Å². The van der Waals surface area contributed by atoms with Crippen molar-refractivity contribution in [1.29, 1.82) is 0 Å². The second kappa shape index (κ2) is 8.68. The number of carboxylic acids is 1. The average molecular weight is 344 g/mol. The molecule has 1 aromatic carbocycles. The molecule has 0 aliphatic rings. The minimum absolute atomic E-state index is 0.0838. The number of carboxylic acid groups (broad SMARTS) is 1. The largest absolute Gasteiger partial charge is 0.481 e. The highest BCUT2D eigenvalue weighted by molar-refractivity contribution is 5.80. The van der Waals surface area contributed by atoms with Gasteiger partial charge in [0, 0.05) is 25.7 Å². The highest BCUT2D eigenvalue weighted by atomic mass is 16.6. The summed E-state index contributed by atoms with van der Waals surface area (Å²) in [6.07, 6.45) is 0.944. The molecule has 1 amide bonds. The van der Waals surface area contributed by atoms with Crippen LogP contribution in [0.5, 0.6) is 5.88 Å². The van der Waals surface area contributed by atoms with E-state index in [9.17, 15) is 14.7 Å². The predicted octanol–water partition coefficient (Wildman–Crippen LogP) is 2.35. The van der Waals surface area contributed by atoms with Gasteiger partial charge in [-0.1, -0.05) is 36.4 Å². The molecule has 132 valence electrons. The Hall–Kier alpha value is -3.09. The molecule has 0 bridgehead atoms. The van der Waals surface area contributed by atoms with Gasteiger partial charge in [0.25, 0.3) is 0 Å². The fraction of sp³-hybridized carbons (Fsp3) is 0.278. The number of nitrogens with zero attached hydrogens (tertiary/aromatic N) is 2. The van der Waals surface area contributed by atoms with Crippen LogP contribution in [-0.4, -0.2) is 47.3 Å². The Kier molecular flexibility index (Phi) is 6.33. The van der Waals surface area contributed by atoms with Crippen molar-refractivity contribution in [3.05, 3.63) is 59.8 Å².